The number of esters is 1. The zero-order valence-electron chi connectivity index (χ0n) is 21.5. The molecule has 1 aliphatic heterocycles. The van der Waals surface area contributed by atoms with E-state index in [1.807, 2.05) is 0 Å². The van der Waals surface area contributed by atoms with Gasteiger partial charge in [0.2, 0.25) is 0 Å². The fourth-order valence-electron chi connectivity index (χ4n) is 3.90. The van der Waals surface area contributed by atoms with E-state index < -0.39 is 23.9 Å². The maximum absolute atomic E-state index is 12.3. The Balaban J connectivity index is 1.38. The molecule has 40 heavy (non-hydrogen) atoms. The summed E-state index contributed by atoms with van der Waals surface area (Å²) in [7, 11) is 2.68. The lowest BCUT2D eigenvalue weighted by molar-refractivity contribution is -0.136. The number of furan rings is 1. The van der Waals surface area contributed by atoms with Crippen LogP contribution in [0.3, 0.4) is 0 Å². The smallest absolute Gasteiger partial charge is 0.337 e. The highest BCUT2D eigenvalue weighted by Crippen LogP contribution is 2.35. The molecular weight excluding hydrogens is 563 g/mol. The molecule has 0 spiro atoms. The first-order valence-corrected chi connectivity index (χ1v) is 12.5. The largest absolute Gasteiger partial charge is 0.493 e. The average Bonchev–Trinajstić information content (AvgIpc) is 3.41. The average molecular weight is 587 g/mol. The maximum Gasteiger partial charge on any atom is 0.337 e. The summed E-state index contributed by atoms with van der Waals surface area (Å²) in [4.78, 5) is 36.7. The Morgan fingerprint density at radius 2 is 1.90 bits per heavy atom. The van der Waals surface area contributed by atoms with Crippen LogP contribution in [0, 0.1) is 0 Å². The zero-order chi connectivity index (χ0) is 28.8. The standard InChI is InChI=1S/C27H24Cl2N4O7/c1-14-24(26(35)38-3)25(32-27(36)31-14)15-4-8-21(22(10-15)37-2)39-13-23(34)33-30-12-17-6-9-20(40-17)18-11-16(28)5-7-19(18)29/h4-12,25H,13H2,1-3H3,(H,33,34)(H2,31,32,36)/b30-12-/t25-/m0/s1. The number of hydrogen-bond acceptors (Lipinski definition) is 8. The number of carbonyl (C=O) groups excluding carboxylic acids is 3. The third-order valence-electron chi connectivity index (χ3n) is 5.76. The highest BCUT2D eigenvalue weighted by atomic mass is 35.5. The molecule has 3 aromatic rings. The normalized spacial score (nSPS) is 14.9. The van der Waals surface area contributed by atoms with Crippen LogP contribution in [0.4, 0.5) is 4.79 Å². The van der Waals surface area contributed by atoms with Gasteiger partial charge in [-0.25, -0.2) is 15.0 Å². The lowest BCUT2D eigenvalue weighted by Crippen LogP contribution is -2.45. The second kappa shape index (κ2) is 12.6. The predicted molar refractivity (Wildman–Crippen MR) is 148 cm³/mol. The van der Waals surface area contributed by atoms with Crippen molar-refractivity contribution in [3.05, 3.63) is 81.2 Å². The number of hydrogen-bond donors (Lipinski definition) is 3. The van der Waals surface area contributed by atoms with Gasteiger partial charge in [-0.05, 0) is 55.0 Å². The molecule has 13 heteroatoms. The number of nitrogens with one attached hydrogen (secondary N) is 3. The molecule has 1 aliphatic rings. The summed E-state index contributed by atoms with van der Waals surface area (Å²) in [5, 5.41) is 10.1. The van der Waals surface area contributed by atoms with Crippen molar-refractivity contribution in [1.29, 1.82) is 0 Å². The summed E-state index contributed by atoms with van der Waals surface area (Å²) in [6, 6.07) is 12.0. The van der Waals surface area contributed by atoms with Crippen LogP contribution in [0.15, 0.2) is 69.3 Å². The fourth-order valence-corrected chi connectivity index (χ4v) is 4.29. The van der Waals surface area contributed by atoms with E-state index in [1.165, 1.54) is 20.4 Å². The molecule has 0 bridgehead atoms. The SMILES string of the molecule is COC(=O)C1=C(C)NC(=O)N[C@H]1c1ccc(OCC(=O)N/N=C\c2ccc(-c3cc(Cl)ccc3Cl)o2)c(OC)c1. The molecule has 1 atom stereocenters. The first kappa shape index (κ1) is 28.5. The van der Waals surface area contributed by atoms with E-state index in [9.17, 15) is 14.4 Å². The molecule has 0 radical (unpaired) electrons. The number of halogens is 2. The Bertz CT molecular complexity index is 1520. The highest BCUT2D eigenvalue weighted by Gasteiger charge is 2.32. The summed E-state index contributed by atoms with van der Waals surface area (Å²) >= 11 is 12.2. The van der Waals surface area contributed by atoms with Gasteiger partial charge in [0.25, 0.3) is 5.91 Å². The van der Waals surface area contributed by atoms with E-state index in [-0.39, 0.29) is 23.7 Å². The van der Waals surface area contributed by atoms with Gasteiger partial charge < -0.3 is 29.3 Å². The van der Waals surface area contributed by atoms with Crippen LogP contribution in [0.5, 0.6) is 11.5 Å². The zero-order valence-corrected chi connectivity index (χ0v) is 23.1. The summed E-state index contributed by atoms with van der Waals surface area (Å²) in [5.41, 5.74) is 4.14. The van der Waals surface area contributed by atoms with Crippen LogP contribution in [0.1, 0.15) is 24.3 Å². The van der Waals surface area contributed by atoms with Crippen molar-refractivity contribution in [2.24, 2.45) is 5.10 Å². The van der Waals surface area contributed by atoms with E-state index >= 15 is 0 Å². The molecule has 4 rings (SSSR count). The van der Waals surface area contributed by atoms with Gasteiger partial charge in [-0.15, -0.1) is 0 Å². The minimum atomic E-state index is -0.779. The van der Waals surface area contributed by atoms with E-state index in [1.54, 1.807) is 55.5 Å². The Labute approximate surface area is 239 Å². The van der Waals surface area contributed by atoms with E-state index in [0.29, 0.717) is 38.4 Å². The lowest BCUT2D eigenvalue weighted by Gasteiger charge is -2.28. The third kappa shape index (κ3) is 6.56. The van der Waals surface area contributed by atoms with Gasteiger partial charge in [0.1, 0.15) is 11.5 Å². The van der Waals surface area contributed by atoms with Crippen LogP contribution in [0.25, 0.3) is 11.3 Å². The molecule has 0 saturated heterocycles. The highest BCUT2D eigenvalue weighted by molar-refractivity contribution is 6.35. The molecule has 1 aromatic heterocycles. The maximum atomic E-state index is 12.3. The molecule has 0 unspecified atom stereocenters. The minimum absolute atomic E-state index is 0.245. The Kier molecular flexibility index (Phi) is 8.97. The Morgan fingerprint density at radius 3 is 2.65 bits per heavy atom. The van der Waals surface area contributed by atoms with Crippen LogP contribution in [-0.4, -0.2) is 44.9 Å². The Morgan fingerprint density at radius 1 is 1.10 bits per heavy atom. The van der Waals surface area contributed by atoms with Gasteiger partial charge in [-0.1, -0.05) is 29.3 Å². The topological polar surface area (TPSA) is 140 Å². The van der Waals surface area contributed by atoms with E-state index in [0.717, 1.165) is 0 Å². The van der Waals surface area contributed by atoms with Crippen molar-refractivity contribution in [3.8, 4) is 22.8 Å². The molecule has 0 saturated carbocycles. The van der Waals surface area contributed by atoms with Crippen molar-refractivity contribution in [2.75, 3.05) is 20.8 Å². The lowest BCUT2D eigenvalue weighted by atomic mass is 9.95. The van der Waals surface area contributed by atoms with Gasteiger partial charge in [0, 0.05) is 16.3 Å². The fraction of sp³-hybridized carbons (Fsp3) is 0.185. The van der Waals surface area contributed by atoms with Gasteiger partial charge in [-0.3, -0.25) is 4.79 Å². The second-order valence-corrected chi connectivity index (χ2v) is 9.22. The molecule has 0 fully saturated rings. The summed E-state index contributed by atoms with van der Waals surface area (Å²) in [6.07, 6.45) is 1.33. The molecule has 0 aliphatic carbocycles. The molecule has 2 aromatic carbocycles. The van der Waals surface area contributed by atoms with E-state index in [4.69, 9.17) is 41.8 Å². The van der Waals surface area contributed by atoms with Crippen molar-refractivity contribution < 1.29 is 33.0 Å². The number of allylic oxidation sites excluding steroid dienone is 1. The van der Waals surface area contributed by atoms with Gasteiger partial charge >= 0.3 is 12.0 Å². The number of rotatable bonds is 9. The number of amides is 3. The monoisotopic (exact) mass is 586 g/mol. The quantitative estimate of drug-likeness (QED) is 0.189. The van der Waals surface area contributed by atoms with Crippen LogP contribution < -0.4 is 25.5 Å². The number of benzene rings is 2. The first-order valence-electron chi connectivity index (χ1n) is 11.7. The van der Waals surface area contributed by atoms with Gasteiger partial charge in [0.15, 0.2) is 18.1 Å². The molecule has 208 valence electrons. The number of carbonyl (C=O) groups is 3. The second-order valence-electron chi connectivity index (χ2n) is 8.38. The van der Waals surface area contributed by atoms with Gasteiger partial charge in [0.05, 0.1) is 37.1 Å². The number of urea groups is 1. The summed E-state index contributed by atoms with van der Waals surface area (Å²) in [6.45, 7) is 1.23. The Hall–Kier alpha value is -4.48. The summed E-state index contributed by atoms with van der Waals surface area (Å²) in [5.74, 6) is 0.290. The molecule has 2 heterocycles. The predicted octanol–water partition coefficient (Wildman–Crippen LogP) is 4.59. The van der Waals surface area contributed by atoms with Crippen molar-refractivity contribution >= 4 is 47.3 Å². The molecule has 11 nitrogen and oxygen atoms in total. The molecule has 3 amide bonds. The molecular formula is C27H24Cl2N4O7. The van der Waals surface area contributed by atoms with Crippen molar-refractivity contribution in [3.63, 3.8) is 0 Å². The van der Waals surface area contributed by atoms with Crippen molar-refractivity contribution in [1.82, 2.24) is 16.1 Å². The number of hydrazone groups is 1. The summed E-state index contributed by atoms with van der Waals surface area (Å²) < 4.78 is 21.6. The van der Waals surface area contributed by atoms with Crippen LogP contribution in [-0.2, 0) is 14.3 Å². The molecule has 3 N–H and O–H groups in total. The number of methoxy groups -OCH3 is 2. The minimum Gasteiger partial charge on any atom is -0.493 e. The van der Waals surface area contributed by atoms with Gasteiger partial charge in [-0.2, -0.15) is 5.10 Å². The van der Waals surface area contributed by atoms with Crippen LogP contribution in [0.2, 0.25) is 10.0 Å². The third-order valence-corrected chi connectivity index (χ3v) is 6.32. The number of ether oxygens (including phenoxy) is 3. The first-order chi connectivity index (χ1) is 19.2. The van der Waals surface area contributed by atoms with Crippen molar-refractivity contribution in [2.45, 2.75) is 13.0 Å². The van der Waals surface area contributed by atoms with Crippen LogP contribution >= 0.6 is 23.2 Å². The number of nitrogens with zero attached hydrogens (tertiary/aromatic N) is 1. The van der Waals surface area contributed by atoms with E-state index in [2.05, 4.69) is 21.2 Å².